The molecule has 1 aliphatic rings. The normalized spacial score (nSPS) is 15.2. The summed E-state index contributed by atoms with van der Waals surface area (Å²) in [6.45, 7) is -0.569. The number of halogens is 1. The van der Waals surface area contributed by atoms with Gasteiger partial charge in [0, 0.05) is 12.6 Å². The highest BCUT2D eigenvalue weighted by Gasteiger charge is 2.37. The van der Waals surface area contributed by atoms with Crippen molar-refractivity contribution in [3.05, 3.63) is 35.6 Å². The maximum atomic E-state index is 14.5. The summed E-state index contributed by atoms with van der Waals surface area (Å²) in [6, 6.07) is 5.48. The van der Waals surface area contributed by atoms with E-state index < -0.39 is 39.9 Å². The van der Waals surface area contributed by atoms with Gasteiger partial charge in [-0.15, -0.1) is 0 Å². The summed E-state index contributed by atoms with van der Waals surface area (Å²) < 4.78 is 50.7. The third-order valence-electron chi connectivity index (χ3n) is 3.89. The van der Waals surface area contributed by atoms with Crippen LogP contribution in [-0.4, -0.2) is 45.2 Å². The van der Waals surface area contributed by atoms with Crippen molar-refractivity contribution in [1.29, 1.82) is 0 Å². The Morgan fingerprint density at radius 1 is 1.32 bits per heavy atom. The van der Waals surface area contributed by atoms with Crippen LogP contribution in [0.25, 0.3) is 0 Å². The van der Waals surface area contributed by atoms with Crippen molar-refractivity contribution in [2.24, 2.45) is 0 Å². The third-order valence-corrected chi connectivity index (χ3v) is 5.27. The molecule has 1 fully saturated rings. The lowest BCUT2D eigenvalue weighted by molar-refractivity contribution is -0.117. The second-order valence-electron chi connectivity index (χ2n) is 5.74. The fourth-order valence-electron chi connectivity index (χ4n) is 2.65. The van der Waals surface area contributed by atoms with Gasteiger partial charge in [0.05, 0.1) is 14.2 Å². The highest BCUT2D eigenvalue weighted by atomic mass is 32.2. The average molecular weight is 412 g/mol. The van der Waals surface area contributed by atoms with Gasteiger partial charge >= 0.3 is 10.2 Å². The van der Waals surface area contributed by atoms with Gasteiger partial charge in [-0.05, 0) is 23.8 Å². The van der Waals surface area contributed by atoms with Gasteiger partial charge in [-0.25, -0.2) is 13.4 Å². The molecule has 150 valence electrons. The molecule has 0 saturated carbocycles. The number of nitrogens with one attached hydrogen (secondary N) is 2. The molecule has 3 rings (SSSR count). The Hall–Kier alpha value is -3.28. The topological polar surface area (TPSA) is 130 Å². The van der Waals surface area contributed by atoms with Crippen molar-refractivity contribution < 1.29 is 32.2 Å². The molecule has 1 saturated heterocycles. The van der Waals surface area contributed by atoms with Crippen molar-refractivity contribution >= 4 is 27.6 Å². The minimum absolute atomic E-state index is 0.0468. The number of methoxy groups -OCH3 is 2. The zero-order valence-corrected chi connectivity index (χ0v) is 15.7. The van der Waals surface area contributed by atoms with E-state index in [9.17, 15) is 22.7 Å². The molecule has 10 nitrogen and oxygen atoms in total. The first-order valence-electron chi connectivity index (χ1n) is 7.92. The number of phenols is 1. The van der Waals surface area contributed by atoms with Gasteiger partial charge in [-0.3, -0.25) is 4.79 Å². The van der Waals surface area contributed by atoms with E-state index in [1.165, 1.54) is 20.3 Å². The Morgan fingerprint density at radius 2 is 2.07 bits per heavy atom. The van der Waals surface area contributed by atoms with Crippen LogP contribution in [0.15, 0.2) is 24.3 Å². The number of phenolic OH excluding ortho intramolecular Hbond substituents is 1. The maximum absolute atomic E-state index is 14.5. The van der Waals surface area contributed by atoms with Crippen molar-refractivity contribution in [3.8, 4) is 17.4 Å². The first-order valence-corrected chi connectivity index (χ1v) is 9.36. The van der Waals surface area contributed by atoms with Crippen LogP contribution in [0, 0.1) is 5.82 Å². The summed E-state index contributed by atoms with van der Waals surface area (Å²) in [4.78, 5) is 15.5. The van der Waals surface area contributed by atoms with E-state index in [4.69, 9.17) is 9.47 Å². The molecule has 2 aromatic rings. The summed E-state index contributed by atoms with van der Waals surface area (Å²) in [5.41, 5.74) is -0.291. The number of pyridine rings is 1. The monoisotopic (exact) mass is 412 g/mol. The van der Waals surface area contributed by atoms with Crippen molar-refractivity contribution in [2.45, 2.75) is 6.54 Å². The molecule has 12 heteroatoms. The van der Waals surface area contributed by atoms with Gasteiger partial charge in [-0.2, -0.15) is 13.4 Å². The fraction of sp³-hybridized carbons (Fsp3) is 0.250. The molecular formula is C16H17FN4O6S. The second-order valence-corrected chi connectivity index (χ2v) is 7.34. The number of anilines is 2. The van der Waals surface area contributed by atoms with Crippen LogP contribution in [0.4, 0.5) is 15.9 Å². The Kier molecular flexibility index (Phi) is 5.14. The smallest absolute Gasteiger partial charge is 0.326 e. The highest BCUT2D eigenvalue weighted by molar-refractivity contribution is 7.92. The lowest BCUT2D eigenvalue weighted by Crippen LogP contribution is -2.30. The Labute approximate surface area is 160 Å². The maximum Gasteiger partial charge on any atom is 0.326 e. The van der Waals surface area contributed by atoms with Crippen LogP contribution in [0.3, 0.4) is 0 Å². The predicted octanol–water partition coefficient (Wildman–Crippen LogP) is 0.737. The molecular weight excluding hydrogens is 395 g/mol. The number of hydrogen-bond donors (Lipinski definition) is 3. The van der Waals surface area contributed by atoms with Gasteiger partial charge in [0.1, 0.15) is 18.0 Å². The zero-order valence-electron chi connectivity index (χ0n) is 14.9. The number of benzene rings is 1. The van der Waals surface area contributed by atoms with Crippen molar-refractivity contribution in [1.82, 2.24) is 9.71 Å². The third kappa shape index (κ3) is 3.71. The fourth-order valence-corrected chi connectivity index (χ4v) is 3.82. The first kappa shape index (κ1) is 19.5. The molecule has 0 radical (unpaired) electrons. The number of carbonyl (C=O) groups excluding carboxylic acids is 1. The van der Waals surface area contributed by atoms with Crippen LogP contribution in [0.2, 0.25) is 0 Å². The number of nitrogens with zero attached hydrogens (tertiary/aromatic N) is 2. The SMILES string of the molecule is COc1ccc(OC)c(NCc2cc(O)c(N3CC(=O)NS3(=O)=O)c(F)c2)n1. The number of hydrogen-bond acceptors (Lipinski definition) is 8. The summed E-state index contributed by atoms with van der Waals surface area (Å²) >= 11 is 0. The Bertz CT molecular complexity index is 1010. The second kappa shape index (κ2) is 7.38. The number of amides is 1. The number of aromatic nitrogens is 1. The molecule has 1 aliphatic heterocycles. The lowest BCUT2D eigenvalue weighted by Gasteiger charge is -2.18. The van der Waals surface area contributed by atoms with E-state index >= 15 is 0 Å². The van der Waals surface area contributed by atoms with E-state index in [0.717, 1.165) is 6.07 Å². The molecule has 28 heavy (non-hydrogen) atoms. The van der Waals surface area contributed by atoms with Gasteiger partial charge in [0.2, 0.25) is 5.88 Å². The average Bonchev–Trinajstić information content (AvgIpc) is 2.91. The first-order chi connectivity index (χ1) is 13.2. The zero-order chi connectivity index (χ0) is 20.5. The van der Waals surface area contributed by atoms with Crippen LogP contribution < -0.4 is 23.8 Å². The van der Waals surface area contributed by atoms with E-state index in [1.54, 1.807) is 16.9 Å². The molecule has 1 aromatic carbocycles. The van der Waals surface area contributed by atoms with Crippen LogP contribution >= 0.6 is 0 Å². The molecule has 0 unspecified atom stereocenters. The minimum atomic E-state index is -4.24. The largest absolute Gasteiger partial charge is 0.506 e. The summed E-state index contributed by atoms with van der Waals surface area (Å²) in [5.74, 6) is -1.34. The molecule has 1 aromatic heterocycles. The predicted molar refractivity (Wildman–Crippen MR) is 97.1 cm³/mol. The van der Waals surface area contributed by atoms with Crippen LogP contribution in [0.5, 0.6) is 17.4 Å². The van der Waals surface area contributed by atoms with E-state index in [0.29, 0.717) is 27.3 Å². The number of rotatable bonds is 6. The van der Waals surface area contributed by atoms with Crippen LogP contribution in [-0.2, 0) is 21.5 Å². The molecule has 0 aliphatic carbocycles. The molecule has 0 spiro atoms. The molecule has 1 amide bonds. The standard InChI is InChI=1S/C16H17FN4O6S/c1-26-12-3-4-14(27-2)19-16(12)18-7-9-5-10(17)15(11(22)6-9)21-8-13(23)20-28(21,24)25/h3-6,22H,7-8H2,1-2H3,(H,18,19)(H,20,23). The summed E-state index contributed by atoms with van der Waals surface area (Å²) in [5, 5.41) is 13.1. The number of carbonyl (C=O) groups is 1. The van der Waals surface area contributed by atoms with E-state index in [-0.39, 0.29) is 6.54 Å². The van der Waals surface area contributed by atoms with E-state index in [1.807, 2.05) is 0 Å². The molecule has 0 atom stereocenters. The summed E-state index contributed by atoms with van der Waals surface area (Å²) in [6.07, 6.45) is 0. The molecule has 0 bridgehead atoms. The van der Waals surface area contributed by atoms with E-state index in [2.05, 4.69) is 10.3 Å². The van der Waals surface area contributed by atoms with Gasteiger partial charge in [0.15, 0.2) is 17.4 Å². The highest BCUT2D eigenvalue weighted by Crippen LogP contribution is 2.35. The molecule has 3 N–H and O–H groups in total. The minimum Gasteiger partial charge on any atom is -0.506 e. The van der Waals surface area contributed by atoms with Gasteiger partial charge in [-0.1, -0.05) is 0 Å². The van der Waals surface area contributed by atoms with Crippen molar-refractivity contribution in [3.63, 3.8) is 0 Å². The number of ether oxygens (including phenoxy) is 2. The quantitative estimate of drug-likeness (QED) is 0.633. The summed E-state index contributed by atoms with van der Waals surface area (Å²) in [7, 11) is -1.33. The molecule has 2 heterocycles. The van der Waals surface area contributed by atoms with Crippen LogP contribution in [0.1, 0.15) is 5.56 Å². The lowest BCUT2D eigenvalue weighted by atomic mass is 10.1. The number of aromatic hydroxyl groups is 1. The van der Waals surface area contributed by atoms with Gasteiger partial charge in [0.25, 0.3) is 5.91 Å². The Morgan fingerprint density at radius 3 is 2.64 bits per heavy atom. The Balaban J connectivity index is 1.85. The van der Waals surface area contributed by atoms with Crippen molar-refractivity contribution in [2.75, 3.05) is 30.4 Å². The van der Waals surface area contributed by atoms with Gasteiger partial charge < -0.3 is 19.9 Å².